The van der Waals surface area contributed by atoms with Gasteiger partial charge in [-0.1, -0.05) is 18.2 Å². The molecule has 0 aliphatic heterocycles. The Bertz CT molecular complexity index is 1140. The number of benzene rings is 1. The first kappa shape index (κ1) is 23.1. The average Bonchev–Trinajstić information content (AvgIpc) is 2.79. The lowest BCUT2D eigenvalue weighted by Crippen LogP contribution is -2.22. The summed E-state index contributed by atoms with van der Waals surface area (Å²) >= 11 is 0. The van der Waals surface area contributed by atoms with Crippen molar-refractivity contribution in [1.29, 1.82) is 5.26 Å². The molecule has 0 aliphatic carbocycles. The topological polar surface area (TPSA) is 108 Å². The molecule has 0 spiro atoms. The Balaban J connectivity index is 1.60. The first-order valence-corrected chi connectivity index (χ1v) is 10.3. The maximum Gasteiger partial charge on any atom is 0.293 e. The van der Waals surface area contributed by atoms with Crippen molar-refractivity contribution in [3.8, 4) is 17.5 Å². The summed E-state index contributed by atoms with van der Waals surface area (Å²) in [5, 5.41) is 23.0. The van der Waals surface area contributed by atoms with E-state index in [0.717, 1.165) is 44.8 Å². The van der Waals surface area contributed by atoms with Crippen molar-refractivity contribution < 1.29 is 14.6 Å². The molecule has 0 saturated heterocycles. The summed E-state index contributed by atoms with van der Waals surface area (Å²) in [6, 6.07) is 11.7. The minimum atomic E-state index is -0.691. The van der Waals surface area contributed by atoms with Gasteiger partial charge < -0.3 is 15.2 Å². The molecule has 3 aromatic rings. The summed E-state index contributed by atoms with van der Waals surface area (Å²) in [7, 11) is 0. The number of nitrogens with one attached hydrogen (secondary N) is 1. The number of hydrogen-bond donors (Lipinski definition) is 2. The number of carbonyl (C=O) groups excluding carboxylic acids is 1. The van der Waals surface area contributed by atoms with Gasteiger partial charge in [-0.2, -0.15) is 5.26 Å². The third kappa shape index (κ3) is 5.35. The van der Waals surface area contributed by atoms with E-state index in [0.29, 0.717) is 25.1 Å². The number of nitrogens with zero attached hydrogens (tertiary/aromatic N) is 3. The fourth-order valence-electron chi connectivity index (χ4n) is 3.57. The van der Waals surface area contributed by atoms with E-state index < -0.39 is 6.10 Å². The summed E-state index contributed by atoms with van der Waals surface area (Å²) in [6.07, 6.45) is 2.64. The fourth-order valence-corrected chi connectivity index (χ4v) is 3.57. The lowest BCUT2D eigenvalue weighted by atomic mass is 9.95. The van der Waals surface area contributed by atoms with Crippen LogP contribution in [0, 0.1) is 32.1 Å². The van der Waals surface area contributed by atoms with E-state index in [2.05, 4.69) is 21.4 Å². The van der Waals surface area contributed by atoms with Crippen molar-refractivity contribution in [2.24, 2.45) is 0 Å². The molecule has 1 atom stereocenters. The zero-order valence-electron chi connectivity index (χ0n) is 18.4. The van der Waals surface area contributed by atoms with Crippen LogP contribution in [0.5, 0.6) is 0 Å². The van der Waals surface area contributed by atoms with Crippen molar-refractivity contribution >= 4 is 6.47 Å². The SMILES string of the molecule is Cc1cc(-c2ccc(CNCC(O)c3ccc(C)c(COC=O)c3C)cn2)ncc1C#N. The third-order valence-corrected chi connectivity index (χ3v) is 5.51. The van der Waals surface area contributed by atoms with Crippen LogP contribution < -0.4 is 5.32 Å². The number of ether oxygens (including phenoxy) is 1. The van der Waals surface area contributed by atoms with Crippen LogP contribution in [0.4, 0.5) is 0 Å². The van der Waals surface area contributed by atoms with E-state index in [4.69, 9.17) is 10.00 Å². The zero-order chi connectivity index (χ0) is 23.1. The number of carbonyl (C=O) groups is 1. The van der Waals surface area contributed by atoms with Crippen LogP contribution >= 0.6 is 0 Å². The normalized spacial score (nSPS) is 11.6. The number of pyridine rings is 2. The molecule has 2 aromatic heterocycles. The van der Waals surface area contributed by atoms with Crippen molar-refractivity contribution in [2.75, 3.05) is 6.54 Å². The second kappa shape index (κ2) is 10.6. The summed E-state index contributed by atoms with van der Waals surface area (Å²) in [5.41, 5.74) is 7.54. The van der Waals surface area contributed by atoms with Gasteiger partial charge in [0.25, 0.3) is 6.47 Å². The number of rotatable bonds is 9. The van der Waals surface area contributed by atoms with Crippen molar-refractivity contribution in [2.45, 2.75) is 40.0 Å². The number of aromatic nitrogens is 2. The van der Waals surface area contributed by atoms with Crippen LogP contribution in [0.15, 0.2) is 42.7 Å². The standard InChI is InChI=1S/C25H26N4O3/c1-16-4-6-21(18(3)22(16)14-32-15-30)25(31)13-27-10-19-5-7-23(28-11-19)24-8-17(2)20(9-26)12-29-24/h4-8,11-12,15,25,27,31H,10,13-14H2,1-3H3. The number of hydrogen-bond acceptors (Lipinski definition) is 7. The molecule has 0 fully saturated rings. The Morgan fingerprint density at radius 3 is 2.56 bits per heavy atom. The van der Waals surface area contributed by atoms with Gasteiger partial charge in [0.1, 0.15) is 12.7 Å². The highest BCUT2D eigenvalue weighted by Crippen LogP contribution is 2.24. The van der Waals surface area contributed by atoms with Crippen LogP contribution in [0.2, 0.25) is 0 Å². The van der Waals surface area contributed by atoms with Gasteiger partial charge in [0.05, 0.1) is 23.1 Å². The Morgan fingerprint density at radius 1 is 1.12 bits per heavy atom. The second-order valence-corrected chi connectivity index (χ2v) is 7.68. The molecule has 0 saturated carbocycles. The molecule has 2 heterocycles. The predicted molar refractivity (Wildman–Crippen MR) is 120 cm³/mol. The van der Waals surface area contributed by atoms with Gasteiger partial charge in [-0.15, -0.1) is 0 Å². The molecular weight excluding hydrogens is 404 g/mol. The number of aryl methyl sites for hydroxylation is 2. The average molecular weight is 431 g/mol. The first-order chi connectivity index (χ1) is 15.4. The van der Waals surface area contributed by atoms with Crippen LogP contribution in [-0.2, 0) is 22.7 Å². The van der Waals surface area contributed by atoms with Gasteiger partial charge >= 0.3 is 0 Å². The number of aliphatic hydroxyl groups is 1. The van der Waals surface area contributed by atoms with Crippen molar-refractivity contribution in [3.63, 3.8) is 0 Å². The lowest BCUT2D eigenvalue weighted by Gasteiger charge is -2.18. The summed E-state index contributed by atoms with van der Waals surface area (Å²) in [6.45, 7) is 7.31. The number of aliphatic hydroxyl groups excluding tert-OH is 1. The predicted octanol–water partition coefficient (Wildman–Crippen LogP) is 3.44. The molecule has 32 heavy (non-hydrogen) atoms. The minimum absolute atomic E-state index is 0.195. The molecule has 3 rings (SSSR count). The molecule has 1 unspecified atom stereocenters. The van der Waals surface area contributed by atoms with Gasteiger partial charge in [0.2, 0.25) is 0 Å². The molecular formula is C25H26N4O3. The first-order valence-electron chi connectivity index (χ1n) is 10.3. The van der Waals surface area contributed by atoms with E-state index in [1.165, 1.54) is 0 Å². The van der Waals surface area contributed by atoms with E-state index in [-0.39, 0.29) is 6.61 Å². The molecule has 164 valence electrons. The maximum absolute atomic E-state index is 10.7. The Hall–Kier alpha value is -3.60. The second-order valence-electron chi connectivity index (χ2n) is 7.68. The monoisotopic (exact) mass is 430 g/mol. The quantitative estimate of drug-likeness (QED) is 0.501. The van der Waals surface area contributed by atoms with E-state index in [1.54, 1.807) is 12.4 Å². The third-order valence-electron chi connectivity index (χ3n) is 5.51. The van der Waals surface area contributed by atoms with Crippen LogP contribution in [0.25, 0.3) is 11.4 Å². The molecule has 7 heteroatoms. The summed E-state index contributed by atoms with van der Waals surface area (Å²) in [4.78, 5) is 19.3. The molecule has 7 nitrogen and oxygen atoms in total. The molecule has 0 aliphatic rings. The van der Waals surface area contributed by atoms with Crippen molar-refractivity contribution in [1.82, 2.24) is 15.3 Å². The minimum Gasteiger partial charge on any atom is -0.463 e. The Kier molecular flexibility index (Phi) is 7.66. The van der Waals surface area contributed by atoms with Crippen LogP contribution in [0.1, 0.15) is 45.0 Å². The van der Waals surface area contributed by atoms with E-state index >= 15 is 0 Å². The lowest BCUT2D eigenvalue weighted by molar-refractivity contribution is -0.129. The van der Waals surface area contributed by atoms with Crippen molar-refractivity contribution in [3.05, 3.63) is 81.7 Å². The van der Waals surface area contributed by atoms with Gasteiger partial charge in [0.15, 0.2) is 0 Å². The van der Waals surface area contributed by atoms with E-state index in [1.807, 2.05) is 51.1 Å². The summed E-state index contributed by atoms with van der Waals surface area (Å²) in [5.74, 6) is 0. The molecule has 0 amide bonds. The van der Waals surface area contributed by atoms with Crippen LogP contribution in [-0.4, -0.2) is 28.1 Å². The molecule has 2 N–H and O–H groups in total. The van der Waals surface area contributed by atoms with Gasteiger partial charge in [-0.25, -0.2) is 0 Å². The largest absolute Gasteiger partial charge is 0.463 e. The van der Waals surface area contributed by atoms with Gasteiger partial charge in [-0.05, 0) is 66.3 Å². The smallest absolute Gasteiger partial charge is 0.293 e. The molecule has 0 radical (unpaired) electrons. The van der Waals surface area contributed by atoms with Crippen LogP contribution in [0.3, 0.4) is 0 Å². The molecule has 0 bridgehead atoms. The summed E-state index contributed by atoms with van der Waals surface area (Å²) < 4.78 is 4.91. The number of nitriles is 1. The van der Waals surface area contributed by atoms with E-state index in [9.17, 15) is 9.90 Å². The Morgan fingerprint density at radius 2 is 1.91 bits per heavy atom. The highest BCUT2D eigenvalue weighted by molar-refractivity contribution is 5.56. The Labute approximate surface area is 187 Å². The van der Waals surface area contributed by atoms with Gasteiger partial charge in [-0.3, -0.25) is 14.8 Å². The van der Waals surface area contributed by atoms with Gasteiger partial charge in [0, 0.05) is 25.5 Å². The molecule has 1 aromatic carbocycles. The zero-order valence-corrected chi connectivity index (χ0v) is 18.4. The maximum atomic E-state index is 10.7. The fraction of sp³-hybridized carbons (Fsp3) is 0.280. The highest BCUT2D eigenvalue weighted by atomic mass is 16.5. The highest BCUT2D eigenvalue weighted by Gasteiger charge is 2.15.